The summed E-state index contributed by atoms with van der Waals surface area (Å²) in [4.78, 5) is 44.9. The average molecular weight is 551 g/mol. The number of hydrogen-bond donors (Lipinski definition) is 3. The molecule has 5 heterocycles. The van der Waals surface area contributed by atoms with E-state index < -0.39 is 23.7 Å². The molecule has 4 N–H and O–H groups in total. The molecule has 2 aromatic heterocycles. The Bertz CT molecular complexity index is 1700. The number of hydrogen-bond acceptors (Lipinski definition) is 8. The number of carbonyl (C=O) groups is 2. The first kappa shape index (κ1) is 24.7. The first-order valence-corrected chi connectivity index (χ1v) is 14.1. The van der Waals surface area contributed by atoms with Crippen LogP contribution in [-0.2, 0) is 33.1 Å². The highest BCUT2D eigenvalue weighted by Crippen LogP contribution is 2.48. The maximum Gasteiger partial charge on any atom is 0.343 e. The van der Waals surface area contributed by atoms with E-state index in [2.05, 4.69) is 5.32 Å². The number of aliphatic hydroxyl groups is 1. The molecule has 202 valence electrons. The molecular formula is C28H27FN4O5S. The van der Waals surface area contributed by atoms with Gasteiger partial charge in [-0.15, -0.1) is 11.8 Å². The maximum atomic E-state index is 15.0. The number of halogens is 1. The van der Waals surface area contributed by atoms with Gasteiger partial charge in [0.2, 0.25) is 5.91 Å². The van der Waals surface area contributed by atoms with Crippen molar-refractivity contribution in [1.82, 2.24) is 14.9 Å². The molecule has 1 saturated carbocycles. The fraction of sp³-hybridized carbons (Fsp3) is 0.429. The van der Waals surface area contributed by atoms with Crippen LogP contribution in [0, 0.1) is 18.7 Å². The fourth-order valence-electron chi connectivity index (χ4n) is 6.18. The lowest BCUT2D eigenvalue weighted by Crippen LogP contribution is -2.44. The molecule has 7 rings (SSSR count). The zero-order valence-electron chi connectivity index (χ0n) is 21.5. The van der Waals surface area contributed by atoms with E-state index in [1.807, 2.05) is 0 Å². The van der Waals surface area contributed by atoms with Gasteiger partial charge in [-0.05, 0) is 49.3 Å². The summed E-state index contributed by atoms with van der Waals surface area (Å²) >= 11 is 1.47. The lowest BCUT2D eigenvalue weighted by atomic mass is 9.86. The summed E-state index contributed by atoms with van der Waals surface area (Å²) in [6.45, 7) is 3.34. The van der Waals surface area contributed by atoms with Crippen molar-refractivity contribution in [3.8, 4) is 11.4 Å². The smallest absolute Gasteiger partial charge is 0.343 e. The molecule has 4 aliphatic rings. The van der Waals surface area contributed by atoms with Crippen molar-refractivity contribution in [1.29, 1.82) is 0 Å². The molecular weight excluding hydrogens is 523 g/mol. The Morgan fingerprint density at radius 3 is 2.85 bits per heavy atom. The molecule has 1 fully saturated rings. The molecule has 1 aliphatic carbocycles. The highest BCUT2D eigenvalue weighted by molar-refractivity contribution is 7.99. The number of cyclic esters (lactones) is 1. The molecule has 11 heteroatoms. The largest absolute Gasteiger partial charge is 0.458 e. The monoisotopic (exact) mass is 550 g/mol. The van der Waals surface area contributed by atoms with Crippen molar-refractivity contribution in [3.05, 3.63) is 56.1 Å². The molecule has 1 amide bonds. The molecule has 1 aromatic carbocycles. The number of benzene rings is 1. The third kappa shape index (κ3) is 3.39. The Labute approximate surface area is 226 Å². The minimum Gasteiger partial charge on any atom is -0.458 e. The van der Waals surface area contributed by atoms with E-state index in [1.165, 1.54) is 17.8 Å². The molecule has 3 aliphatic heterocycles. The minimum absolute atomic E-state index is 0.0331. The van der Waals surface area contributed by atoms with Crippen molar-refractivity contribution < 1.29 is 23.8 Å². The van der Waals surface area contributed by atoms with Crippen molar-refractivity contribution in [2.45, 2.75) is 68.8 Å². The zero-order chi connectivity index (χ0) is 27.4. The van der Waals surface area contributed by atoms with Gasteiger partial charge in [0.15, 0.2) is 5.60 Å². The van der Waals surface area contributed by atoms with E-state index in [9.17, 15) is 19.5 Å². The van der Waals surface area contributed by atoms with Gasteiger partial charge in [0.1, 0.15) is 12.4 Å². The van der Waals surface area contributed by atoms with Gasteiger partial charge in [0.05, 0.1) is 41.1 Å². The summed E-state index contributed by atoms with van der Waals surface area (Å²) in [5.41, 5.74) is 7.74. The lowest BCUT2D eigenvalue weighted by Gasteiger charge is -2.31. The van der Waals surface area contributed by atoms with E-state index in [0.717, 1.165) is 34.3 Å². The van der Waals surface area contributed by atoms with Gasteiger partial charge in [-0.3, -0.25) is 9.59 Å². The molecule has 0 bridgehead atoms. The number of carbonyl (C=O) groups excluding carboxylic acids is 2. The number of ether oxygens (including phenoxy) is 1. The number of rotatable bonds is 4. The number of amides is 1. The van der Waals surface area contributed by atoms with Gasteiger partial charge in [-0.1, -0.05) is 6.92 Å². The van der Waals surface area contributed by atoms with Crippen molar-refractivity contribution in [2.24, 2.45) is 11.7 Å². The summed E-state index contributed by atoms with van der Waals surface area (Å²) in [5.74, 6) is -0.743. The molecule has 0 spiro atoms. The Hall–Kier alpha value is -3.28. The molecule has 9 nitrogen and oxygen atoms in total. The molecule has 0 radical (unpaired) electrons. The number of thioether (sulfide) groups is 1. The van der Waals surface area contributed by atoms with Gasteiger partial charge >= 0.3 is 5.97 Å². The SMILES string of the molecule is CC[C@@]1(O)C(=O)OCc2c1cc1n(c2=O)Cc2c-1nc1cc(F)c(C)c3c1c2[C@@H](NC(=O)C(N)C1CC1)CS3. The quantitative estimate of drug-likeness (QED) is 0.330. The second kappa shape index (κ2) is 8.36. The van der Waals surface area contributed by atoms with Gasteiger partial charge in [-0.25, -0.2) is 14.2 Å². The van der Waals surface area contributed by atoms with Crippen LogP contribution < -0.4 is 16.6 Å². The van der Waals surface area contributed by atoms with Gasteiger partial charge in [-0.2, -0.15) is 0 Å². The van der Waals surface area contributed by atoms with Gasteiger partial charge in [0, 0.05) is 33.2 Å². The predicted octanol–water partition coefficient (Wildman–Crippen LogP) is 2.53. The van der Waals surface area contributed by atoms with Crippen molar-refractivity contribution in [3.63, 3.8) is 0 Å². The van der Waals surface area contributed by atoms with E-state index in [0.29, 0.717) is 28.2 Å². The third-order valence-electron chi connectivity index (χ3n) is 8.65. The minimum atomic E-state index is -1.95. The first-order valence-electron chi connectivity index (χ1n) is 13.2. The zero-order valence-corrected chi connectivity index (χ0v) is 22.3. The second-order valence-corrected chi connectivity index (χ2v) is 11.9. The summed E-state index contributed by atoms with van der Waals surface area (Å²) in [6, 6.07) is 2.02. The molecule has 3 aromatic rings. The summed E-state index contributed by atoms with van der Waals surface area (Å²) in [7, 11) is 0. The Balaban J connectivity index is 1.46. The van der Waals surface area contributed by atoms with Crippen molar-refractivity contribution in [2.75, 3.05) is 5.75 Å². The number of nitrogens with zero attached hydrogens (tertiary/aromatic N) is 2. The van der Waals surface area contributed by atoms with Crippen LogP contribution in [-0.4, -0.2) is 38.3 Å². The first-order chi connectivity index (χ1) is 18.6. The predicted molar refractivity (Wildman–Crippen MR) is 142 cm³/mol. The normalized spacial score (nSPS) is 23.6. The van der Waals surface area contributed by atoms with Crippen LogP contribution >= 0.6 is 11.8 Å². The highest BCUT2D eigenvalue weighted by atomic mass is 32.2. The third-order valence-corrected chi connectivity index (χ3v) is 9.95. The molecule has 39 heavy (non-hydrogen) atoms. The van der Waals surface area contributed by atoms with Crippen LogP contribution in [0.1, 0.15) is 60.0 Å². The number of esters is 1. The van der Waals surface area contributed by atoms with E-state index >= 15 is 4.39 Å². The highest BCUT2D eigenvalue weighted by Gasteiger charge is 2.46. The molecule has 0 saturated heterocycles. The van der Waals surface area contributed by atoms with Crippen LogP contribution in [0.4, 0.5) is 4.39 Å². The number of aromatic nitrogens is 2. The van der Waals surface area contributed by atoms with Crippen LogP contribution in [0.15, 0.2) is 21.8 Å². The van der Waals surface area contributed by atoms with Crippen molar-refractivity contribution >= 4 is 34.5 Å². The number of pyridine rings is 2. The Kier molecular flexibility index (Phi) is 5.30. The number of nitrogens with two attached hydrogens (primary N) is 1. The standard InChI is InChI=1S/C28H27FN4O5S/c1-3-28(37)15-6-19-23-13(8-33(19)26(35)14(15)9-38-27(28)36)20-18(32-25(34)22(30)12-4-5-12)10-39-24-11(2)16(29)7-17(31-23)21(20)24/h6-7,12,18,22,37H,3-5,8-10,30H2,1-2H3,(H,32,34)/t18-,22?,28-/m0/s1. The summed E-state index contributed by atoms with van der Waals surface area (Å²) < 4.78 is 21.7. The second-order valence-electron chi connectivity index (χ2n) is 10.9. The van der Waals surface area contributed by atoms with E-state index in [4.69, 9.17) is 15.5 Å². The summed E-state index contributed by atoms with van der Waals surface area (Å²) in [6.07, 6.45) is 1.90. The Morgan fingerprint density at radius 2 is 2.13 bits per heavy atom. The van der Waals surface area contributed by atoms with Crippen LogP contribution in [0.25, 0.3) is 22.3 Å². The fourth-order valence-corrected chi connectivity index (χ4v) is 7.43. The summed E-state index contributed by atoms with van der Waals surface area (Å²) in [5, 5.41) is 15.1. The van der Waals surface area contributed by atoms with E-state index in [-0.39, 0.29) is 53.9 Å². The van der Waals surface area contributed by atoms with Crippen LogP contribution in [0.3, 0.4) is 0 Å². The van der Waals surface area contributed by atoms with Crippen LogP contribution in [0.5, 0.6) is 0 Å². The number of nitrogens with one attached hydrogen (secondary N) is 1. The lowest BCUT2D eigenvalue weighted by molar-refractivity contribution is -0.172. The number of fused-ring (bicyclic) bond motifs is 5. The topological polar surface area (TPSA) is 137 Å². The van der Waals surface area contributed by atoms with Crippen LogP contribution in [0.2, 0.25) is 0 Å². The van der Waals surface area contributed by atoms with Gasteiger partial charge in [0.25, 0.3) is 5.56 Å². The van der Waals surface area contributed by atoms with E-state index in [1.54, 1.807) is 24.5 Å². The average Bonchev–Trinajstić information content (AvgIpc) is 3.71. The molecule has 1 unspecified atom stereocenters. The van der Waals surface area contributed by atoms with Gasteiger partial charge < -0.3 is 25.5 Å². The molecule has 3 atom stereocenters. The Morgan fingerprint density at radius 1 is 1.36 bits per heavy atom. The maximum absolute atomic E-state index is 15.0.